The first-order valence-corrected chi connectivity index (χ1v) is 8.27. The van der Waals surface area contributed by atoms with E-state index in [2.05, 4.69) is 9.97 Å². The van der Waals surface area contributed by atoms with Crippen molar-refractivity contribution in [2.24, 2.45) is 0 Å². The van der Waals surface area contributed by atoms with Crippen LogP contribution in [0.4, 0.5) is 10.1 Å². The molecule has 3 aromatic rings. The van der Waals surface area contributed by atoms with E-state index in [0.717, 1.165) is 6.07 Å². The van der Waals surface area contributed by atoms with Gasteiger partial charge in [-0.15, -0.1) is 0 Å². The Bertz CT molecular complexity index is 1060. The molecule has 2 aromatic heterocycles. The number of pyridine rings is 1. The van der Waals surface area contributed by atoms with Gasteiger partial charge in [-0.3, -0.25) is 4.72 Å². The second kappa shape index (κ2) is 5.60. The molecule has 3 N–H and O–H groups in total. The second-order valence-electron chi connectivity index (χ2n) is 5.08. The highest BCUT2D eigenvalue weighted by atomic mass is 32.2. The average molecular weight is 349 g/mol. The number of carbonyl (C=O) groups is 1. The van der Waals surface area contributed by atoms with Crippen LogP contribution in [0.1, 0.15) is 15.9 Å². The van der Waals surface area contributed by atoms with Crippen LogP contribution in [0.2, 0.25) is 0 Å². The van der Waals surface area contributed by atoms with Crippen LogP contribution in [-0.4, -0.2) is 29.5 Å². The third-order valence-corrected chi connectivity index (χ3v) is 4.91. The molecule has 1 aromatic carbocycles. The van der Waals surface area contributed by atoms with Crippen LogP contribution in [0, 0.1) is 12.7 Å². The molecule has 3 rings (SSSR count). The van der Waals surface area contributed by atoms with E-state index < -0.39 is 33.1 Å². The Balaban J connectivity index is 2.15. The normalized spacial score (nSPS) is 11.6. The van der Waals surface area contributed by atoms with Gasteiger partial charge >= 0.3 is 5.97 Å². The fourth-order valence-corrected chi connectivity index (χ4v) is 3.65. The molecule has 124 valence electrons. The molecule has 0 spiro atoms. The molecule has 0 aliphatic carbocycles. The number of aromatic nitrogens is 2. The smallest absolute Gasteiger partial charge is 0.338 e. The molecule has 0 aliphatic heterocycles. The van der Waals surface area contributed by atoms with E-state index in [9.17, 15) is 22.7 Å². The Morgan fingerprint density at radius 2 is 2.08 bits per heavy atom. The molecule has 0 radical (unpaired) electrons. The lowest BCUT2D eigenvalue weighted by molar-refractivity contribution is 0.0697. The Morgan fingerprint density at radius 1 is 1.33 bits per heavy atom. The molecule has 24 heavy (non-hydrogen) atoms. The largest absolute Gasteiger partial charge is 0.478 e. The first-order chi connectivity index (χ1) is 11.3. The summed E-state index contributed by atoms with van der Waals surface area (Å²) in [7, 11) is -4.22. The van der Waals surface area contributed by atoms with Crippen molar-refractivity contribution in [3.05, 3.63) is 53.6 Å². The number of benzene rings is 1. The van der Waals surface area contributed by atoms with Crippen molar-refractivity contribution in [1.29, 1.82) is 0 Å². The van der Waals surface area contributed by atoms with Crippen molar-refractivity contribution >= 4 is 32.7 Å². The first-order valence-electron chi connectivity index (χ1n) is 6.78. The van der Waals surface area contributed by atoms with Crippen molar-refractivity contribution in [3.8, 4) is 0 Å². The number of rotatable bonds is 4. The minimum absolute atomic E-state index is 0.150. The van der Waals surface area contributed by atoms with Gasteiger partial charge in [0.1, 0.15) is 16.4 Å². The van der Waals surface area contributed by atoms with Crippen molar-refractivity contribution in [1.82, 2.24) is 9.97 Å². The van der Waals surface area contributed by atoms with E-state index >= 15 is 0 Å². The topological polar surface area (TPSA) is 112 Å². The van der Waals surface area contributed by atoms with E-state index in [4.69, 9.17) is 0 Å². The Morgan fingerprint density at radius 3 is 2.79 bits per heavy atom. The van der Waals surface area contributed by atoms with Gasteiger partial charge in [0.15, 0.2) is 0 Å². The van der Waals surface area contributed by atoms with Crippen molar-refractivity contribution in [2.75, 3.05) is 4.72 Å². The lowest BCUT2D eigenvalue weighted by Gasteiger charge is -2.12. The third kappa shape index (κ3) is 2.58. The third-order valence-electron chi connectivity index (χ3n) is 3.52. The molecule has 0 saturated heterocycles. The summed E-state index contributed by atoms with van der Waals surface area (Å²) < 4.78 is 41.3. The lowest BCUT2D eigenvalue weighted by atomic mass is 10.1. The summed E-state index contributed by atoms with van der Waals surface area (Å²) in [5.41, 5.74) is -0.444. The molecule has 0 aliphatic rings. The number of H-pyrrole nitrogens is 1. The van der Waals surface area contributed by atoms with Crippen molar-refractivity contribution in [3.63, 3.8) is 0 Å². The number of hydrogen-bond donors (Lipinski definition) is 3. The Hall–Kier alpha value is -2.94. The summed E-state index contributed by atoms with van der Waals surface area (Å²) in [6, 6.07) is 5.38. The number of halogens is 1. The van der Waals surface area contributed by atoms with Gasteiger partial charge in [0.2, 0.25) is 0 Å². The zero-order valence-corrected chi connectivity index (χ0v) is 13.2. The summed E-state index contributed by atoms with van der Waals surface area (Å²) >= 11 is 0. The zero-order valence-electron chi connectivity index (χ0n) is 12.4. The maximum atomic E-state index is 14.1. The number of anilines is 1. The van der Waals surface area contributed by atoms with Crippen LogP contribution in [0.3, 0.4) is 0 Å². The van der Waals surface area contributed by atoms with Gasteiger partial charge in [0, 0.05) is 17.8 Å². The number of aromatic carboxylic acids is 1. The van der Waals surface area contributed by atoms with Gasteiger partial charge in [-0.2, -0.15) is 0 Å². The molecular weight excluding hydrogens is 337 g/mol. The first kappa shape index (κ1) is 15.9. The standard InChI is InChI=1S/C15H12FN3O4S/c1-8-4-5-10(16)13(12(8)15(20)21)19-24(22,23)11-7-18-14-9(11)3-2-6-17-14/h2-7,19H,1H3,(H,17,18)(H,20,21). The summed E-state index contributed by atoms with van der Waals surface area (Å²) in [6.07, 6.45) is 2.71. The number of nitrogens with one attached hydrogen (secondary N) is 2. The summed E-state index contributed by atoms with van der Waals surface area (Å²) in [4.78, 5) is 17.9. The number of hydrogen-bond acceptors (Lipinski definition) is 4. The van der Waals surface area contributed by atoms with Gasteiger partial charge in [0.25, 0.3) is 10.0 Å². The maximum Gasteiger partial charge on any atom is 0.338 e. The van der Waals surface area contributed by atoms with Gasteiger partial charge in [-0.25, -0.2) is 22.6 Å². The summed E-state index contributed by atoms with van der Waals surface area (Å²) in [6.45, 7) is 1.45. The number of aromatic amines is 1. The molecule has 2 heterocycles. The number of aryl methyl sites for hydroxylation is 1. The predicted octanol–water partition coefficient (Wildman–Crippen LogP) is 2.51. The van der Waals surface area contributed by atoms with Crippen molar-refractivity contribution in [2.45, 2.75) is 11.8 Å². The Labute approximate surface area is 136 Å². The van der Waals surface area contributed by atoms with E-state index in [-0.39, 0.29) is 10.5 Å². The van der Waals surface area contributed by atoms with Crippen LogP contribution in [-0.2, 0) is 10.0 Å². The van der Waals surface area contributed by atoms with Crippen LogP contribution in [0.5, 0.6) is 0 Å². The van der Waals surface area contributed by atoms with Crippen LogP contribution < -0.4 is 4.72 Å². The second-order valence-corrected chi connectivity index (χ2v) is 6.73. The molecule has 0 amide bonds. The van der Waals surface area contributed by atoms with Gasteiger partial charge in [-0.1, -0.05) is 6.07 Å². The van der Waals surface area contributed by atoms with Crippen LogP contribution in [0.25, 0.3) is 11.0 Å². The molecule has 0 saturated carbocycles. The fraction of sp³-hybridized carbons (Fsp3) is 0.0667. The molecule has 0 atom stereocenters. The van der Waals surface area contributed by atoms with E-state index in [1.807, 2.05) is 4.72 Å². The minimum atomic E-state index is -4.22. The highest BCUT2D eigenvalue weighted by Crippen LogP contribution is 2.28. The number of nitrogens with zero attached hydrogens (tertiary/aromatic N) is 1. The van der Waals surface area contributed by atoms with E-state index in [0.29, 0.717) is 11.0 Å². The van der Waals surface area contributed by atoms with Crippen LogP contribution in [0.15, 0.2) is 41.6 Å². The molecule has 9 heteroatoms. The molecule has 0 fully saturated rings. The van der Waals surface area contributed by atoms with E-state index in [1.165, 1.54) is 31.5 Å². The van der Waals surface area contributed by atoms with Crippen molar-refractivity contribution < 1.29 is 22.7 Å². The highest BCUT2D eigenvalue weighted by Gasteiger charge is 2.25. The highest BCUT2D eigenvalue weighted by molar-refractivity contribution is 7.93. The van der Waals surface area contributed by atoms with E-state index in [1.54, 1.807) is 6.07 Å². The molecular formula is C15H12FN3O4S. The lowest BCUT2D eigenvalue weighted by Crippen LogP contribution is -2.17. The zero-order chi connectivity index (χ0) is 17.5. The SMILES string of the molecule is Cc1ccc(F)c(NS(=O)(=O)c2c[nH]c3ncccc23)c1C(=O)O. The molecule has 0 unspecified atom stereocenters. The predicted molar refractivity (Wildman–Crippen MR) is 85.0 cm³/mol. The van der Waals surface area contributed by atoms with Crippen LogP contribution >= 0.6 is 0 Å². The quantitative estimate of drug-likeness (QED) is 0.670. The molecule has 7 nitrogen and oxygen atoms in total. The van der Waals surface area contributed by atoms with Gasteiger partial charge < -0.3 is 10.1 Å². The monoisotopic (exact) mass is 349 g/mol. The number of fused-ring (bicyclic) bond motifs is 1. The fourth-order valence-electron chi connectivity index (χ4n) is 2.40. The summed E-state index contributed by atoms with van der Waals surface area (Å²) in [5, 5.41) is 9.57. The number of sulfonamides is 1. The average Bonchev–Trinajstić information content (AvgIpc) is 2.95. The number of carboxylic acid groups (broad SMARTS) is 1. The minimum Gasteiger partial charge on any atom is -0.478 e. The Kier molecular flexibility index (Phi) is 3.72. The van der Waals surface area contributed by atoms with Gasteiger partial charge in [-0.05, 0) is 30.7 Å². The molecule has 0 bridgehead atoms. The number of carboxylic acids is 1. The maximum absolute atomic E-state index is 14.1. The summed E-state index contributed by atoms with van der Waals surface area (Å²) in [5.74, 6) is -2.40. The van der Waals surface area contributed by atoms with Gasteiger partial charge in [0.05, 0.1) is 11.3 Å².